The number of aliphatic hydroxyl groups is 1. The molecule has 4 nitrogen and oxygen atoms in total. The predicted octanol–water partition coefficient (Wildman–Crippen LogP) is 0.274. The molecule has 3 atom stereocenters. The minimum Gasteiger partial charge on any atom is -0.396 e. The molecule has 0 aliphatic heterocycles. The highest BCUT2D eigenvalue weighted by Crippen LogP contribution is 2.61. The van der Waals surface area contributed by atoms with Crippen LogP contribution in [0.4, 0.5) is 4.39 Å². The maximum Gasteiger partial charge on any atom is 0.151 e. The van der Waals surface area contributed by atoms with Crippen LogP contribution in [0.15, 0.2) is 24.3 Å². The first-order valence-corrected chi connectivity index (χ1v) is 7.57. The van der Waals surface area contributed by atoms with Crippen molar-refractivity contribution < 1.29 is 17.9 Å². The first-order valence-electron chi connectivity index (χ1n) is 5.62. The van der Waals surface area contributed by atoms with Crippen molar-refractivity contribution in [2.24, 2.45) is 11.1 Å². The fourth-order valence-corrected chi connectivity index (χ4v) is 4.84. The highest BCUT2D eigenvalue weighted by Gasteiger charge is 2.68. The molecule has 0 heterocycles. The predicted molar refractivity (Wildman–Crippen MR) is 66.3 cm³/mol. The van der Waals surface area contributed by atoms with Crippen LogP contribution < -0.4 is 5.73 Å². The van der Waals surface area contributed by atoms with Crippen molar-refractivity contribution in [2.75, 3.05) is 19.4 Å². The van der Waals surface area contributed by atoms with E-state index in [1.807, 2.05) is 0 Å². The summed E-state index contributed by atoms with van der Waals surface area (Å²) in [5.74, 6) is -0.853. The molecule has 100 valence electrons. The maximum atomic E-state index is 13.2. The first kappa shape index (κ1) is 13.5. The second-order valence-corrected chi connectivity index (χ2v) is 7.05. The normalized spacial score (nSPS) is 31.3. The van der Waals surface area contributed by atoms with Gasteiger partial charge in [0.25, 0.3) is 0 Å². The molecule has 1 aromatic carbocycles. The Labute approximate surface area is 106 Å². The summed E-state index contributed by atoms with van der Waals surface area (Å²) in [5, 5.41) is 8.72. The summed E-state index contributed by atoms with van der Waals surface area (Å²) in [6, 6.07) is 5.79. The van der Waals surface area contributed by atoms with Gasteiger partial charge in [-0.25, -0.2) is 12.8 Å². The van der Waals surface area contributed by atoms with Crippen molar-refractivity contribution in [3.05, 3.63) is 35.6 Å². The van der Waals surface area contributed by atoms with Gasteiger partial charge in [-0.15, -0.1) is 0 Å². The first-order chi connectivity index (χ1) is 8.36. The van der Waals surface area contributed by atoms with Gasteiger partial charge in [0.05, 0.1) is 11.9 Å². The second-order valence-electron chi connectivity index (χ2n) is 4.88. The van der Waals surface area contributed by atoms with Crippen LogP contribution in [0.5, 0.6) is 0 Å². The molecule has 0 amide bonds. The van der Waals surface area contributed by atoms with E-state index in [0.717, 1.165) is 6.26 Å². The van der Waals surface area contributed by atoms with Gasteiger partial charge >= 0.3 is 0 Å². The molecule has 18 heavy (non-hydrogen) atoms. The zero-order chi connectivity index (χ0) is 13.6. The van der Waals surface area contributed by atoms with Crippen molar-refractivity contribution in [3.8, 4) is 0 Å². The quantitative estimate of drug-likeness (QED) is 0.825. The van der Waals surface area contributed by atoms with Crippen molar-refractivity contribution in [1.82, 2.24) is 0 Å². The number of hydrogen-bond acceptors (Lipinski definition) is 4. The van der Waals surface area contributed by atoms with E-state index in [-0.39, 0.29) is 13.2 Å². The topological polar surface area (TPSA) is 80.4 Å². The summed E-state index contributed by atoms with van der Waals surface area (Å²) in [6.45, 7) is -0.259. The Morgan fingerprint density at radius 3 is 2.56 bits per heavy atom. The van der Waals surface area contributed by atoms with Gasteiger partial charge in [0, 0.05) is 24.1 Å². The van der Waals surface area contributed by atoms with Gasteiger partial charge in [0.2, 0.25) is 0 Å². The Balaban J connectivity index is 2.45. The second kappa shape index (κ2) is 4.29. The molecule has 1 fully saturated rings. The highest BCUT2D eigenvalue weighted by atomic mass is 32.2. The zero-order valence-corrected chi connectivity index (χ0v) is 10.8. The third-order valence-electron chi connectivity index (χ3n) is 3.72. The molecule has 1 aliphatic carbocycles. The Morgan fingerprint density at radius 2 is 2.17 bits per heavy atom. The summed E-state index contributed by atoms with van der Waals surface area (Å²) in [4.78, 5) is 0. The Hall–Kier alpha value is -0.980. The molecular weight excluding hydrogens is 257 g/mol. The summed E-state index contributed by atoms with van der Waals surface area (Å²) >= 11 is 0. The monoisotopic (exact) mass is 273 g/mol. The van der Waals surface area contributed by atoms with E-state index in [0.29, 0.717) is 5.56 Å². The van der Waals surface area contributed by atoms with E-state index in [1.165, 1.54) is 18.2 Å². The van der Waals surface area contributed by atoms with Crippen molar-refractivity contribution in [1.29, 1.82) is 0 Å². The molecule has 0 bridgehead atoms. The summed E-state index contributed by atoms with van der Waals surface area (Å²) < 4.78 is 36.7. The lowest BCUT2D eigenvalue weighted by molar-refractivity contribution is 0.212. The molecule has 1 saturated carbocycles. The van der Waals surface area contributed by atoms with E-state index in [4.69, 9.17) is 5.73 Å². The third kappa shape index (κ3) is 1.94. The molecule has 0 aromatic heterocycles. The number of aliphatic hydroxyl groups excluding tert-OH is 1. The van der Waals surface area contributed by atoms with Crippen LogP contribution in [0.2, 0.25) is 0 Å². The minimum atomic E-state index is -3.33. The molecule has 1 aromatic rings. The summed E-state index contributed by atoms with van der Waals surface area (Å²) in [7, 11) is -3.33. The molecular formula is C12H16FNO3S. The Kier molecular flexibility index (Phi) is 3.21. The van der Waals surface area contributed by atoms with Gasteiger partial charge in [-0.3, -0.25) is 0 Å². The van der Waals surface area contributed by atoms with Crippen LogP contribution in [-0.2, 0) is 9.84 Å². The molecule has 1 aliphatic rings. The SMILES string of the molecule is CS(=O)(=O)[C@@H]1[C@@H](c2cccc(F)c2)[C@]1(CN)CO. The van der Waals surface area contributed by atoms with Crippen molar-refractivity contribution >= 4 is 9.84 Å². The number of hydrogen-bond donors (Lipinski definition) is 2. The molecule has 2 rings (SSSR count). The molecule has 0 radical (unpaired) electrons. The van der Waals surface area contributed by atoms with Gasteiger partial charge in [0.15, 0.2) is 9.84 Å². The minimum absolute atomic E-state index is 0.0580. The lowest BCUT2D eigenvalue weighted by atomic mass is 10.00. The number of rotatable bonds is 4. The van der Waals surface area contributed by atoms with Crippen LogP contribution in [0.1, 0.15) is 11.5 Å². The highest BCUT2D eigenvalue weighted by molar-refractivity contribution is 7.91. The number of nitrogens with two attached hydrogens (primary N) is 1. The van der Waals surface area contributed by atoms with Gasteiger partial charge in [-0.2, -0.15) is 0 Å². The largest absolute Gasteiger partial charge is 0.396 e. The van der Waals surface area contributed by atoms with Gasteiger partial charge in [-0.05, 0) is 17.7 Å². The Bertz CT molecular complexity index is 554. The van der Waals surface area contributed by atoms with Gasteiger partial charge in [-0.1, -0.05) is 12.1 Å². The van der Waals surface area contributed by atoms with Gasteiger partial charge in [0.1, 0.15) is 5.82 Å². The van der Waals surface area contributed by atoms with E-state index >= 15 is 0 Å². The van der Waals surface area contributed by atoms with E-state index in [2.05, 4.69) is 0 Å². The molecule has 3 N–H and O–H groups in total. The average Bonchev–Trinajstić information content (AvgIpc) is 2.98. The van der Waals surface area contributed by atoms with Crippen LogP contribution in [0.25, 0.3) is 0 Å². The molecule has 0 spiro atoms. The summed E-state index contributed by atoms with van der Waals surface area (Å²) in [5.41, 5.74) is 5.31. The number of halogens is 1. The van der Waals surface area contributed by atoms with E-state index in [1.54, 1.807) is 6.07 Å². The number of sulfone groups is 1. The van der Waals surface area contributed by atoms with Crippen LogP contribution in [-0.4, -0.2) is 38.2 Å². The fraction of sp³-hybridized carbons (Fsp3) is 0.500. The Morgan fingerprint density at radius 1 is 1.50 bits per heavy atom. The molecule has 0 unspecified atom stereocenters. The van der Waals surface area contributed by atoms with E-state index in [9.17, 15) is 17.9 Å². The van der Waals surface area contributed by atoms with Crippen LogP contribution >= 0.6 is 0 Å². The summed E-state index contributed by atoms with van der Waals surface area (Å²) in [6.07, 6.45) is 1.12. The van der Waals surface area contributed by atoms with Gasteiger partial charge < -0.3 is 10.8 Å². The van der Waals surface area contributed by atoms with Crippen LogP contribution in [0.3, 0.4) is 0 Å². The maximum absolute atomic E-state index is 13.2. The zero-order valence-electron chi connectivity index (χ0n) is 10.0. The molecule has 0 saturated heterocycles. The molecule has 6 heteroatoms. The average molecular weight is 273 g/mol. The lowest BCUT2D eigenvalue weighted by Gasteiger charge is -2.11. The fourth-order valence-electron chi connectivity index (χ4n) is 2.83. The smallest absolute Gasteiger partial charge is 0.151 e. The third-order valence-corrected chi connectivity index (χ3v) is 5.39. The number of benzene rings is 1. The standard InChI is InChI=1S/C12H16FNO3S/c1-18(16,17)11-10(12(11,6-14)7-15)8-3-2-4-9(13)5-8/h2-5,10-11,15H,6-7,14H2,1H3/t10-,11-,12+/m1/s1. The van der Waals surface area contributed by atoms with Crippen LogP contribution in [0, 0.1) is 11.2 Å². The van der Waals surface area contributed by atoms with E-state index < -0.39 is 32.2 Å². The van der Waals surface area contributed by atoms with Crippen molar-refractivity contribution in [2.45, 2.75) is 11.2 Å². The lowest BCUT2D eigenvalue weighted by Crippen LogP contribution is -2.27. The van der Waals surface area contributed by atoms with Crippen molar-refractivity contribution in [3.63, 3.8) is 0 Å².